The van der Waals surface area contributed by atoms with Gasteiger partial charge in [0, 0.05) is 21.9 Å². The molecule has 3 rings (SSSR count). The molecular weight excluding hydrogens is 435 g/mol. The standard InChI is InChI=1S/C17H13IN4O3/c18-16-7-6-14(22(24)25)8-15(16)17(23)20-13-9-19-21(11-13)10-12-4-2-1-3-5-12/h1-9,11H,10H2,(H,20,23). The van der Waals surface area contributed by atoms with Crippen LogP contribution in [0, 0.1) is 13.7 Å². The molecule has 0 spiro atoms. The molecule has 0 fully saturated rings. The largest absolute Gasteiger partial charge is 0.319 e. The normalized spacial score (nSPS) is 10.4. The minimum absolute atomic E-state index is 0.120. The number of halogens is 1. The van der Waals surface area contributed by atoms with E-state index in [2.05, 4.69) is 10.4 Å². The van der Waals surface area contributed by atoms with Gasteiger partial charge in [-0.3, -0.25) is 19.6 Å². The lowest BCUT2D eigenvalue weighted by Gasteiger charge is -2.05. The van der Waals surface area contributed by atoms with E-state index in [0.29, 0.717) is 15.8 Å². The first-order valence-corrected chi connectivity index (χ1v) is 8.42. The highest BCUT2D eigenvalue weighted by Gasteiger charge is 2.16. The Hall–Kier alpha value is -2.75. The highest BCUT2D eigenvalue weighted by Crippen LogP contribution is 2.21. The zero-order chi connectivity index (χ0) is 17.8. The van der Waals surface area contributed by atoms with E-state index in [1.807, 2.05) is 52.9 Å². The fourth-order valence-electron chi connectivity index (χ4n) is 2.28. The van der Waals surface area contributed by atoms with Crippen molar-refractivity contribution in [2.75, 3.05) is 5.32 Å². The fourth-order valence-corrected chi connectivity index (χ4v) is 2.86. The van der Waals surface area contributed by atoms with E-state index in [0.717, 1.165) is 5.56 Å². The third-order valence-electron chi connectivity index (χ3n) is 3.48. The summed E-state index contributed by atoms with van der Waals surface area (Å²) in [5.41, 5.74) is 1.76. The van der Waals surface area contributed by atoms with Gasteiger partial charge in [0.2, 0.25) is 0 Å². The first kappa shape index (κ1) is 17.1. The topological polar surface area (TPSA) is 90.1 Å². The van der Waals surface area contributed by atoms with Gasteiger partial charge in [0.25, 0.3) is 11.6 Å². The smallest absolute Gasteiger partial charge is 0.270 e. The monoisotopic (exact) mass is 448 g/mol. The van der Waals surface area contributed by atoms with E-state index in [1.165, 1.54) is 12.1 Å². The summed E-state index contributed by atoms with van der Waals surface area (Å²) in [7, 11) is 0. The number of aromatic nitrogens is 2. The fraction of sp³-hybridized carbons (Fsp3) is 0.0588. The molecule has 0 bridgehead atoms. The summed E-state index contributed by atoms with van der Waals surface area (Å²) < 4.78 is 2.35. The molecule has 0 unspecified atom stereocenters. The number of carbonyl (C=O) groups excluding carboxylic acids is 1. The lowest BCUT2D eigenvalue weighted by Crippen LogP contribution is -2.13. The number of carbonyl (C=O) groups is 1. The van der Waals surface area contributed by atoms with Gasteiger partial charge in [-0.1, -0.05) is 30.3 Å². The number of hydrogen-bond donors (Lipinski definition) is 1. The van der Waals surface area contributed by atoms with Crippen molar-refractivity contribution in [1.29, 1.82) is 0 Å². The van der Waals surface area contributed by atoms with Crippen molar-refractivity contribution >= 4 is 39.9 Å². The highest BCUT2D eigenvalue weighted by atomic mass is 127. The van der Waals surface area contributed by atoms with Crippen LogP contribution >= 0.6 is 22.6 Å². The molecule has 0 aliphatic rings. The second kappa shape index (κ2) is 7.43. The Balaban J connectivity index is 1.74. The lowest BCUT2D eigenvalue weighted by molar-refractivity contribution is -0.384. The second-order valence-corrected chi connectivity index (χ2v) is 6.45. The van der Waals surface area contributed by atoms with Crippen LogP contribution in [0.5, 0.6) is 0 Å². The van der Waals surface area contributed by atoms with Crippen LogP contribution in [0.1, 0.15) is 15.9 Å². The van der Waals surface area contributed by atoms with Gasteiger partial charge in [-0.15, -0.1) is 0 Å². The van der Waals surface area contributed by atoms with Crippen LogP contribution in [-0.2, 0) is 6.54 Å². The van der Waals surface area contributed by atoms with Crippen LogP contribution in [0.4, 0.5) is 11.4 Å². The Labute approximate surface area is 157 Å². The van der Waals surface area contributed by atoms with E-state index in [9.17, 15) is 14.9 Å². The number of amides is 1. The van der Waals surface area contributed by atoms with Crippen molar-refractivity contribution in [2.24, 2.45) is 0 Å². The van der Waals surface area contributed by atoms with Crippen molar-refractivity contribution in [2.45, 2.75) is 6.54 Å². The van der Waals surface area contributed by atoms with Gasteiger partial charge >= 0.3 is 0 Å². The Morgan fingerprint density at radius 1 is 1.24 bits per heavy atom. The summed E-state index contributed by atoms with van der Waals surface area (Å²) in [5, 5.41) is 17.8. The molecule has 0 saturated heterocycles. The predicted octanol–water partition coefficient (Wildman–Crippen LogP) is 3.70. The van der Waals surface area contributed by atoms with Gasteiger partial charge in [0.15, 0.2) is 0 Å². The van der Waals surface area contributed by atoms with E-state index in [4.69, 9.17) is 0 Å². The molecule has 0 radical (unpaired) electrons. The third-order valence-corrected chi connectivity index (χ3v) is 4.42. The van der Waals surface area contributed by atoms with E-state index < -0.39 is 10.8 Å². The highest BCUT2D eigenvalue weighted by molar-refractivity contribution is 14.1. The number of nitrogens with zero attached hydrogens (tertiary/aromatic N) is 3. The second-order valence-electron chi connectivity index (χ2n) is 5.29. The first-order chi connectivity index (χ1) is 12.0. The molecular formula is C17H13IN4O3. The van der Waals surface area contributed by atoms with E-state index >= 15 is 0 Å². The molecule has 1 N–H and O–H groups in total. The molecule has 3 aromatic rings. The Bertz CT molecular complexity index is 925. The molecule has 2 aromatic carbocycles. The zero-order valence-corrected chi connectivity index (χ0v) is 15.1. The maximum Gasteiger partial charge on any atom is 0.270 e. The van der Waals surface area contributed by atoms with Crippen molar-refractivity contribution < 1.29 is 9.72 Å². The predicted molar refractivity (Wildman–Crippen MR) is 102 cm³/mol. The van der Waals surface area contributed by atoms with Crippen molar-refractivity contribution in [1.82, 2.24) is 9.78 Å². The summed E-state index contributed by atoms with van der Waals surface area (Å²) >= 11 is 1.97. The van der Waals surface area contributed by atoms with Crippen molar-refractivity contribution in [3.8, 4) is 0 Å². The summed E-state index contributed by atoms with van der Waals surface area (Å²) in [6.07, 6.45) is 3.26. The Kier molecular flexibility index (Phi) is 5.08. The summed E-state index contributed by atoms with van der Waals surface area (Å²) in [6.45, 7) is 0.588. The number of benzene rings is 2. The molecule has 1 aromatic heterocycles. The first-order valence-electron chi connectivity index (χ1n) is 7.34. The molecule has 0 atom stereocenters. The van der Waals surface area contributed by atoms with Gasteiger partial charge in [-0.05, 0) is 34.2 Å². The van der Waals surface area contributed by atoms with Gasteiger partial charge in [0.1, 0.15) is 0 Å². The van der Waals surface area contributed by atoms with Gasteiger partial charge in [0.05, 0.1) is 28.9 Å². The lowest BCUT2D eigenvalue weighted by atomic mass is 10.2. The van der Waals surface area contributed by atoms with Crippen molar-refractivity contribution in [3.63, 3.8) is 0 Å². The minimum Gasteiger partial charge on any atom is -0.319 e. The van der Waals surface area contributed by atoms with Crippen molar-refractivity contribution in [3.05, 3.63) is 85.7 Å². The SMILES string of the molecule is O=C(Nc1cnn(Cc2ccccc2)c1)c1cc([N+](=O)[O-])ccc1I. The van der Waals surface area contributed by atoms with Crippen LogP contribution in [0.15, 0.2) is 60.9 Å². The molecule has 0 aliphatic heterocycles. The van der Waals surface area contributed by atoms with Gasteiger partial charge in [-0.2, -0.15) is 5.10 Å². The average Bonchev–Trinajstić information content (AvgIpc) is 3.02. The summed E-state index contributed by atoms with van der Waals surface area (Å²) in [4.78, 5) is 22.8. The number of nitrogens with one attached hydrogen (secondary N) is 1. The number of anilines is 1. The molecule has 126 valence electrons. The molecule has 1 heterocycles. The molecule has 7 nitrogen and oxygen atoms in total. The minimum atomic E-state index is -0.523. The molecule has 25 heavy (non-hydrogen) atoms. The van der Waals surface area contributed by atoms with Gasteiger partial charge in [-0.25, -0.2) is 0 Å². The molecule has 8 heteroatoms. The maximum atomic E-state index is 12.4. The van der Waals surface area contributed by atoms with Crippen LogP contribution in [0.3, 0.4) is 0 Å². The average molecular weight is 448 g/mol. The zero-order valence-electron chi connectivity index (χ0n) is 12.9. The van der Waals surface area contributed by atoms with Crippen LogP contribution in [0.25, 0.3) is 0 Å². The van der Waals surface area contributed by atoms with Crippen LogP contribution in [-0.4, -0.2) is 20.6 Å². The summed E-state index contributed by atoms with van der Waals surface area (Å²) in [6, 6.07) is 14.0. The maximum absolute atomic E-state index is 12.4. The Morgan fingerprint density at radius 2 is 2.00 bits per heavy atom. The molecule has 1 amide bonds. The summed E-state index contributed by atoms with van der Waals surface area (Å²) in [5.74, 6) is -0.410. The number of nitro groups is 1. The molecule has 0 saturated carbocycles. The Morgan fingerprint density at radius 3 is 2.72 bits per heavy atom. The number of rotatable bonds is 5. The quantitative estimate of drug-likeness (QED) is 0.366. The van der Waals surface area contributed by atoms with Crippen LogP contribution in [0.2, 0.25) is 0 Å². The molecule has 0 aliphatic carbocycles. The van der Waals surface area contributed by atoms with Crippen LogP contribution < -0.4 is 5.32 Å². The number of non-ortho nitro benzene ring substituents is 1. The van der Waals surface area contributed by atoms with E-state index in [-0.39, 0.29) is 11.3 Å². The number of hydrogen-bond acceptors (Lipinski definition) is 4. The number of nitro benzene ring substituents is 1. The van der Waals surface area contributed by atoms with E-state index in [1.54, 1.807) is 23.1 Å². The van der Waals surface area contributed by atoms with Gasteiger partial charge < -0.3 is 5.32 Å². The third kappa shape index (κ3) is 4.21.